The molecule has 1 fully saturated rings. The van der Waals surface area contributed by atoms with Crippen molar-refractivity contribution in [2.45, 2.75) is 77.2 Å². The van der Waals surface area contributed by atoms with Crippen molar-refractivity contribution in [3.8, 4) is 0 Å². The van der Waals surface area contributed by atoms with Crippen LogP contribution in [0.2, 0.25) is 18.1 Å². The summed E-state index contributed by atoms with van der Waals surface area (Å²) in [6, 6.07) is -0.675. The number of alkyl halides is 2. The molecule has 0 bridgehead atoms. The molecule has 2 atom stereocenters. The number of cyclic esters (lactones) is 1. The second kappa shape index (κ2) is 6.43. The monoisotopic (exact) mass is 337 g/mol. The topological polar surface area (TPSA) is 47.6 Å². The maximum Gasteiger partial charge on any atom is 0.408 e. The van der Waals surface area contributed by atoms with Crippen molar-refractivity contribution in [1.29, 1.82) is 0 Å². The second-order valence-corrected chi connectivity index (χ2v) is 12.8. The van der Waals surface area contributed by atoms with Gasteiger partial charge < -0.3 is 14.5 Å². The van der Waals surface area contributed by atoms with E-state index in [0.29, 0.717) is 6.42 Å². The molecule has 130 valence electrons. The minimum atomic E-state index is -3.20. The van der Waals surface area contributed by atoms with E-state index in [9.17, 15) is 13.6 Å². The summed E-state index contributed by atoms with van der Waals surface area (Å²) >= 11 is 0. The summed E-state index contributed by atoms with van der Waals surface area (Å²) in [5, 5.41) is 2.34. The van der Waals surface area contributed by atoms with Crippen molar-refractivity contribution >= 4 is 14.4 Å². The van der Waals surface area contributed by atoms with Gasteiger partial charge >= 0.3 is 12.0 Å². The second-order valence-electron chi connectivity index (χ2n) is 8.02. The molecule has 0 aromatic heterocycles. The van der Waals surface area contributed by atoms with Gasteiger partial charge in [0.2, 0.25) is 0 Å². The van der Waals surface area contributed by atoms with Crippen molar-refractivity contribution in [1.82, 2.24) is 5.32 Å². The molecule has 1 aliphatic heterocycles. The van der Waals surface area contributed by atoms with Crippen LogP contribution < -0.4 is 5.32 Å². The highest BCUT2D eigenvalue weighted by Gasteiger charge is 2.53. The number of rotatable bonds is 6. The van der Waals surface area contributed by atoms with Crippen molar-refractivity contribution in [3.63, 3.8) is 0 Å². The Kier molecular flexibility index (Phi) is 5.66. The van der Waals surface area contributed by atoms with Gasteiger partial charge in [-0.1, -0.05) is 34.6 Å². The van der Waals surface area contributed by atoms with Crippen molar-refractivity contribution in [2.75, 3.05) is 6.61 Å². The molecular weight excluding hydrogens is 308 g/mol. The zero-order valence-electron chi connectivity index (χ0n) is 14.6. The molecule has 22 heavy (non-hydrogen) atoms. The number of hydrogen-bond donors (Lipinski definition) is 1. The minimum Gasteiger partial charge on any atom is -0.437 e. The quantitative estimate of drug-likeness (QED) is 0.740. The third kappa shape index (κ3) is 4.65. The lowest BCUT2D eigenvalue weighted by atomic mass is 9.96. The number of carbonyl (C=O) groups excluding carboxylic acids is 1. The molecule has 1 N–H and O–H groups in total. The van der Waals surface area contributed by atoms with E-state index in [1.807, 2.05) is 47.7 Å². The summed E-state index contributed by atoms with van der Waals surface area (Å²) in [6.45, 7) is 13.0. The SMILES string of the molecule is CC(C)C[C@@H]1NC(=O)O[C@H]1C(F)(F)CO[Si](C)(C)C(C)(C)C. The van der Waals surface area contributed by atoms with Crippen LogP contribution >= 0.6 is 0 Å². The Balaban J connectivity index is 2.78. The molecule has 0 radical (unpaired) electrons. The lowest BCUT2D eigenvalue weighted by molar-refractivity contribution is -0.130. The minimum absolute atomic E-state index is 0.148. The van der Waals surface area contributed by atoms with Gasteiger partial charge in [-0.2, -0.15) is 8.78 Å². The van der Waals surface area contributed by atoms with Crippen molar-refractivity contribution < 1.29 is 22.7 Å². The Labute approximate surface area is 133 Å². The van der Waals surface area contributed by atoms with Gasteiger partial charge in [0.15, 0.2) is 14.4 Å². The van der Waals surface area contributed by atoms with Crippen LogP contribution in [0.15, 0.2) is 0 Å². The van der Waals surface area contributed by atoms with Crippen LogP contribution in [-0.4, -0.2) is 39.1 Å². The van der Waals surface area contributed by atoms with E-state index in [1.54, 1.807) is 0 Å². The maximum atomic E-state index is 14.5. The van der Waals surface area contributed by atoms with E-state index < -0.39 is 39.1 Å². The Morgan fingerprint density at radius 1 is 1.32 bits per heavy atom. The molecular formula is C15H29F2NO3Si. The smallest absolute Gasteiger partial charge is 0.408 e. The van der Waals surface area contributed by atoms with E-state index >= 15 is 0 Å². The van der Waals surface area contributed by atoms with Gasteiger partial charge in [-0.05, 0) is 30.5 Å². The zero-order chi connectivity index (χ0) is 17.3. The molecule has 4 nitrogen and oxygen atoms in total. The fraction of sp³-hybridized carbons (Fsp3) is 0.933. The third-order valence-electron chi connectivity index (χ3n) is 4.48. The van der Waals surface area contributed by atoms with E-state index in [4.69, 9.17) is 9.16 Å². The molecule has 7 heteroatoms. The maximum absolute atomic E-state index is 14.5. The Morgan fingerprint density at radius 3 is 2.32 bits per heavy atom. The molecule has 1 saturated heterocycles. The molecule has 1 heterocycles. The highest BCUT2D eigenvalue weighted by Crippen LogP contribution is 2.38. The number of halogens is 2. The van der Waals surface area contributed by atoms with E-state index in [1.165, 1.54) is 0 Å². The van der Waals surface area contributed by atoms with Gasteiger partial charge in [-0.15, -0.1) is 0 Å². The molecule has 0 aromatic rings. The van der Waals surface area contributed by atoms with E-state index in [0.717, 1.165) is 0 Å². The van der Waals surface area contributed by atoms with Crippen LogP contribution in [-0.2, 0) is 9.16 Å². The largest absolute Gasteiger partial charge is 0.437 e. The number of ether oxygens (including phenoxy) is 1. The molecule has 0 unspecified atom stereocenters. The molecule has 1 aliphatic rings. The molecule has 0 saturated carbocycles. The summed E-state index contributed by atoms with van der Waals surface area (Å²) < 4.78 is 39.5. The number of nitrogens with one attached hydrogen (secondary N) is 1. The molecule has 0 aromatic carbocycles. The highest BCUT2D eigenvalue weighted by atomic mass is 28.4. The van der Waals surface area contributed by atoms with Crippen LogP contribution in [0.1, 0.15) is 41.0 Å². The standard InChI is InChI=1S/C15H29F2NO3Si/c1-10(2)8-11-12(21-13(19)18-11)15(16,17)9-20-22(6,7)14(3,4)5/h10-12H,8-9H2,1-7H3,(H,18,19)/t11-,12+/m0/s1. The van der Waals surface area contributed by atoms with Crippen LogP contribution in [0, 0.1) is 5.92 Å². The molecule has 1 amide bonds. The molecule has 1 rings (SSSR count). The third-order valence-corrected chi connectivity index (χ3v) is 8.95. The van der Waals surface area contributed by atoms with Crippen molar-refractivity contribution in [3.05, 3.63) is 0 Å². The van der Waals surface area contributed by atoms with Gasteiger partial charge in [0.25, 0.3) is 0 Å². The number of alkyl carbamates (subject to hydrolysis) is 1. The predicted octanol–water partition coefficient (Wildman–Crippen LogP) is 4.17. The van der Waals surface area contributed by atoms with E-state index in [2.05, 4.69) is 5.32 Å². The first kappa shape index (κ1) is 19.4. The normalized spacial score (nSPS) is 23.6. The summed E-state index contributed by atoms with van der Waals surface area (Å²) in [5.74, 6) is -3.01. The Morgan fingerprint density at radius 2 is 1.86 bits per heavy atom. The summed E-state index contributed by atoms with van der Waals surface area (Å²) in [5.41, 5.74) is 0. The molecule has 0 aliphatic carbocycles. The van der Waals surface area contributed by atoms with Crippen LogP contribution in [0.3, 0.4) is 0 Å². The first-order valence-corrected chi connectivity index (χ1v) is 10.7. The van der Waals surface area contributed by atoms with Crippen molar-refractivity contribution in [2.24, 2.45) is 5.92 Å². The van der Waals surface area contributed by atoms with Gasteiger partial charge in [-0.25, -0.2) is 4.79 Å². The highest BCUT2D eigenvalue weighted by molar-refractivity contribution is 6.74. The fourth-order valence-electron chi connectivity index (χ4n) is 2.10. The van der Waals surface area contributed by atoms with E-state index in [-0.39, 0.29) is 11.0 Å². The first-order chi connectivity index (χ1) is 9.76. The number of hydrogen-bond acceptors (Lipinski definition) is 3. The van der Waals surface area contributed by atoms with Gasteiger partial charge in [0.1, 0.15) is 6.61 Å². The van der Waals surface area contributed by atoms with Gasteiger partial charge in [0.05, 0.1) is 6.04 Å². The lowest BCUT2D eigenvalue weighted by Crippen LogP contribution is -2.50. The van der Waals surface area contributed by atoms with Gasteiger partial charge in [-0.3, -0.25) is 0 Å². The summed E-state index contributed by atoms with van der Waals surface area (Å²) in [6.07, 6.45) is -1.79. The first-order valence-electron chi connectivity index (χ1n) is 7.75. The molecule has 0 spiro atoms. The summed E-state index contributed by atoms with van der Waals surface area (Å²) in [7, 11) is -2.28. The Bertz CT molecular complexity index is 408. The average Bonchev–Trinajstić information content (AvgIpc) is 2.66. The van der Waals surface area contributed by atoms with Crippen LogP contribution in [0.25, 0.3) is 0 Å². The Hall–Kier alpha value is -0.693. The fourth-order valence-corrected chi connectivity index (χ4v) is 3.09. The average molecular weight is 337 g/mol. The van der Waals surface area contributed by atoms with Crippen LogP contribution in [0.4, 0.5) is 13.6 Å². The predicted molar refractivity (Wildman–Crippen MR) is 84.7 cm³/mol. The van der Waals surface area contributed by atoms with Gasteiger partial charge in [0, 0.05) is 0 Å². The lowest BCUT2D eigenvalue weighted by Gasteiger charge is -2.38. The zero-order valence-corrected chi connectivity index (χ0v) is 15.6. The number of amides is 1. The van der Waals surface area contributed by atoms with Crippen LogP contribution in [0.5, 0.6) is 0 Å². The summed E-state index contributed by atoms with van der Waals surface area (Å²) in [4.78, 5) is 11.4. The number of carbonyl (C=O) groups is 1.